The number of ether oxygens (including phenoxy) is 2. The third-order valence-electron chi connectivity index (χ3n) is 3.80. The van der Waals surface area contributed by atoms with Crippen LogP contribution in [0.2, 0.25) is 5.02 Å². The highest BCUT2D eigenvalue weighted by atomic mass is 79.9. The van der Waals surface area contributed by atoms with E-state index >= 15 is 0 Å². The standard InChI is InChI=1S/C22H18BrClN2O3/c23-18-10-11-20(28-14-16-6-2-1-3-7-16)17(12-18)13-25-26-22(27)15-29-21-9-5-4-8-19(21)24/h1-13H,14-15H2,(H,26,27)/b25-13+. The number of amides is 1. The van der Waals surface area contributed by atoms with Crippen LogP contribution in [0.1, 0.15) is 11.1 Å². The quantitative estimate of drug-likeness (QED) is 0.361. The van der Waals surface area contributed by atoms with Gasteiger partial charge in [0.15, 0.2) is 6.61 Å². The Morgan fingerprint density at radius 3 is 2.55 bits per heavy atom. The summed E-state index contributed by atoms with van der Waals surface area (Å²) in [5.74, 6) is 0.696. The van der Waals surface area contributed by atoms with Gasteiger partial charge in [0.25, 0.3) is 5.91 Å². The minimum atomic E-state index is -0.400. The molecular weight excluding hydrogens is 456 g/mol. The van der Waals surface area contributed by atoms with Gasteiger partial charge < -0.3 is 9.47 Å². The van der Waals surface area contributed by atoms with E-state index in [0.717, 1.165) is 15.6 Å². The van der Waals surface area contributed by atoms with Gasteiger partial charge >= 0.3 is 0 Å². The zero-order valence-corrected chi connectivity index (χ0v) is 17.7. The summed E-state index contributed by atoms with van der Waals surface area (Å²) in [5, 5.41) is 4.44. The fourth-order valence-corrected chi connectivity index (χ4v) is 2.97. The van der Waals surface area contributed by atoms with Crippen LogP contribution in [0.3, 0.4) is 0 Å². The van der Waals surface area contributed by atoms with Crippen LogP contribution in [0.15, 0.2) is 82.4 Å². The topological polar surface area (TPSA) is 59.9 Å². The lowest BCUT2D eigenvalue weighted by Crippen LogP contribution is -2.24. The predicted molar refractivity (Wildman–Crippen MR) is 118 cm³/mol. The van der Waals surface area contributed by atoms with E-state index < -0.39 is 5.91 Å². The van der Waals surface area contributed by atoms with E-state index in [-0.39, 0.29) is 6.61 Å². The highest BCUT2D eigenvalue weighted by molar-refractivity contribution is 9.10. The molecular formula is C22H18BrClN2O3. The minimum absolute atomic E-state index is 0.197. The third-order valence-corrected chi connectivity index (χ3v) is 4.60. The summed E-state index contributed by atoms with van der Waals surface area (Å²) in [7, 11) is 0. The predicted octanol–water partition coefficient (Wildman–Crippen LogP) is 5.21. The Hall–Kier alpha value is -2.83. The van der Waals surface area contributed by atoms with Gasteiger partial charge in [-0.15, -0.1) is 0 Å². The van der Waals surface area contributed by atoms with E-state index in [2.05, 4.69) is 26.5 Å². The Balaban J connectivity index is 1.57. The molecule has 0 aliphatic heterocycles. The molecule has 0 saturated carbocycles. The fraction of sp³-hybridized carbons (Fsp3) is 0.0909. The highest BCUT2D eigenvalue weighted by Crippen LogP contribution is 2.23. The van der Waals surface area contributed by atoms with Crippen LogP contribution >= 0.6 is 27.5 Å². The molecule has 5 nitrogen and oxygen atoms in total. The van der Waals surface area contributed by atoms with Gasteiger partial charge in [0.1, 0.15) is 18.1 Å². The number of para-hydroxylation sites is 1. The number of benzene rings is 3. The number of hydrogen-bond donors (Lipinski definition) is 1. The number of hydrogen-bond acceptors (Lipinski definition) is 4. The molecule has 7 heteroatoms. The summed E-state index contributed by atoms with van der Waals surface area (Å²) in [6.07, 6.45) is 1.53. The van der Waals surface area contributed by atoms with Gasteiger partial charge in [-0.2, -0.15) is 5.10 Å². The average Bonchev–Trinajstić information content (AvgIpc) is 2.73. The highest BCUT2D eigenvalue weighted by Gasteiger charge is 2.06. The van der Waals surface area contributed by atoms with Gasteiger partial charge in [0.2, 0.25) is 0 Å². The summed E-state index contributed by atoms with van der Waals surface area (Å²) < 4.78 is 12.1. The van der Waals surface area contributed by atoms with Crippen LogP contribution in [0.5, 0.6) is 11.5 Å². The maximum absolute atomic E-state index is 11.9. The normalized spacial score (nSPS) is 10.7. The van der Waals surface area contributed by atoms with Crippen molar-refractivity contribution >= 4 is 39.7 Å². The summed E-state index contributed by atoms with van der Waals surface area (Å²) in [4.78, 5) is 11.9. The first-order valence-corrected chi connectivity index (χ1v) is 9.94. The summed E-state index contributed by atoms with van der Waals surface area (Å²) >= 11 is 9.43. The first-order valence-electron chi connectivity index (χ1n) is 8.77. The van der Waals surface area contributed by atoms with Crippen molar-refractivity contribution in [2.75, 3.05) is 6.61 Å². The van der Waals surface area contributed by atoms with Crippen LogP contribution in [-0.2, 0) is 11.4 Å². The Labute approximate surface area is 182 Å². The zero-order chi connectivity index (χ0) is 20.5. The molecule has 3 rings (SSSR count). The van der Waals surface area contributed by atoms with Crippen molar-refractivity contribution in [1.29, 1.82) is 0 Å². The lowest BCUT2D eigenvalue weighted by atomic mass is 10.2. The molecule has 0 fully saturated rings. The van der Waals surface area contributed by atoms with Crippen LogP contribution < -0.4 is 14.9 Å². The largest absolute Gasteiger partial charge is 0.488 e. The molecule has 0 unspecified atom stereocenters. The molecule has 0 bridgehead atoms. The first kappa shape index (κ1) is 20.9. The Bertz CT molecular complexity index is 996. The minimum Gasteiger partial charge on any atom is -0.488 e. The molecule has 0 radical (unpaired) electrons. The van der Waals surface area contributed by atoms with Gasteiger partial charge in [-0.05, 0) is 35.9 Å². The lowest BCUT2D eigenvalue weighted by Gasteiger charge is -2.10. The Morgan fingerprint density at radius 2 is 1.76 bits per heavy atom. The monoisotopic (exact) mass is 472 g/mol. The number of halogens is 2. The molecule has 1 N–H and O–H groups in total. The zero-order valence-electron chi connectivity index (χ0n) is 15.3. The van der Waals surface area contributed by atoms with Gasteiger partial charge in [0, 0.05) is 10.0 Å². The maximum Gasteiger partial charge on any atom is 0.277 e. The van der Waals surface area contributed by atoms with E-state index in [1.165, 1.54) is 6.21 Å². The summed E-state index contributed by atoms with van der Waals surface area (Å²) in [6, 6.07) is 22.4. The van der Waals surface area contributed by atoms with Crippen molar-refractivity contribution in [1.82, 2.24) is 5.43 Å². The Kier molecular flexibility index (Phi) is 7.67. The SMILES string of the molecule is O=C(COc1ccccc1Cl)N/N=C/c1cc(Br)ccc1OCc1ccccc1. The maximum atomic E-state index is 11.9. The molecule has 0 saturated heterocycles. The second-order valence-corrected chi connectivity index (χ2v) is 7.29. The number of nitrogens with zero attached hydrogens (tertiary/aromatic N) is 1. The fourth-order valence-electron chi connectivity index (χ4n) is 2.40. The second-order valence-electron chi connectivity index (χ2n) is 5.97. The molecule has 1 amide bonds. The smallest absolute Gasteiger partial charge is 0.277 e. The van der Waals surface area contributed by atoms with E-state index in [1.807, 2.05) is 48.5 Å². The Morgan fingerprint density at radius 1 is 1.00 bits per heavy atom. The van der Waals surface area contributed by atoms with Crippen LogP contribution in [0.25, 0.3) is 0 Å². The van der Waals surface area contributed by atoms with Crippen molar-refractivity contribution in [2.45, 2.75) is 6.61 Å². The molecule has 0 spiro atoms. The lowest BCUT2D eigenvalue weighted by molar-refractivity contribution is -0.123. The first-order chi connectivity index (χ1) is 14.1. The number of hydrazone groups is 1. The van der Waals surface area contributed by atoms with E-state index in [4.69, 9.17) is 21.1 Å². The third kappa shape index (κ3) is 6.62. The molecule has 3 aromatic rings. The molecule has 0 heterocycles. The number of rotatable bonds is 8. The van der Waals surface area contributed by atoms with Crippen molar-refractivity contribution in [3.8, 4) is 11.5 Å². The van der Waals surface area contributed by atoms with Crippen molar-refractivity contribution < 1.29 is 14.3 Å². The van der Waals surface area contributed by atoms with Crippen LogP contribution in [-0.4, -0.2) is 18.7 Å². The molecule has 148 valence electrons. The van der Waals surface area contributed by atoms with E-state index in [1.54, 1.807) is 24.3 Å². The molecule has 0 aliphatic rings. The van der Waals surface area contributed by atoms with Gasteiger partial charge in [-0.3, -0.25) is 4.79 Å². The van der Waals surface area contributed by atoms with Gasteiger partial charge in [-0.1, -0.05) is 70.0 Å². The van der Waals surface area contributed by atoms with Gasteiger partial charge in [0.05, 0.1) is 11.2 Å². The molecule has 0 aromatic heterocycles. The van der Waals surface area contributed by atoms with Crippen molar-refractivity contribution in [3.05, 3.63) is 93.4 Å². The van der Waals surface area contributed by atoms with Crippen LogP contribution in [0, 0.1) is 0 Å². The second kappa shape index (κ2) is 10.6. The van der Waals surface area contributed by atoms with E-state index in [0.29, 0.717) is 23.1 Å². The molecule has 3 aromatic carbocycles. The van der Waals surface area contributed by atoms with E-state index in [9.17, 15) is 4.79 Å². The molecule has 29 heavy (non-hydrogen) atoms. The molecule has 0 atom stereocenters. The summed E-state index contributed by atoms with van der Waals surface area (Å²) in [6.45, 7) is 0.234. The average molecular weight is 474 g/mol. The van der Waals surface area contributed by atoms with Crippen molar-refractivity contribution in [3.63, 3.8) is 0 Å². The number of carbonyl (C=O) groups is 1. The van der Waals surface area contributed by atoms with Gasteiger partial charge in [-0.25, -0.2) is 5.43 Å². The van der Waals surface area contributed by atoms with Crippen LogP contribution in [0.4, 0.5) is 0 Å². The molecule has 0 aliphatic carbocycles. The summed E-state index contributed by atoms with van der Waals surface area (Å²) in [5.41, 5.74) is 4.22. The number of carbonyl (C=O) groups excluding carboxylic acids is 1. The van der Waals surface area contributed by atoms with Crippen molar-refractivity contribution in [2.24, 2.45) is 5.10 Å². The number of nitrogens with one attached hydrogen (secondary N) is 1.